The van der Waals surface area contributed by atoms with Crippen LogP contribution >= 0.6 is 0 Å². The van der Waals surface area contributed by atoms with E-state index in [-0.39, 0.29) is 17.9 Å². The van der Waals surface area contributed by atoms with Crippen LogP contribution in [-0.4, -0.2) is 57.9 Å². The Bertz CT molecular complexity index is 1590. The van der Waals surface area contributed by atoms with E-state index in [2.05, 4.69) is 4.98 Å². The van der Waals surface area contributed by atoms with Crippen molar-refractivity contribution in [1.82, 2.24) is 14.3 Å². The fourth-order valence-corrected chi connectivity index (χ4v) is 5.18. The van der Waals surface area contributed by atoms with Crippen LogP contribution in [0.25, 0.3) is 11.4 Å². The van der Waals surface area contributed by atoms with Gasteiger partial charge in [0.25, 0.3) is 11.7 Å². The van der Waals surface area contributed by atoms with Gasteiger partial charge in [0.2, 0.25) is 0 Å². The van der Waals surface area contributed by atoms with Crippen LogP contribution in [0.5, 0.6) is 11.5 Å². The van der Waals surface area contributed by atoms with Crippen molar-refractivity contribution in [2.75, 3.05) is 26.9 Å². The topological polar surface area (TPSA) is 103 Å². The molecule has 1 atom stereocenters. The van der Waals surface area contributed by atoms with Gasteiger partial charge < -0.3 is 24.2 Å². The molecule has 1 amide bonds. The van der Waals surface area contributed by atoms with Gasteiger partial charge in [-0.2, -0.15) is 0 Å². The highest BCUT2D eigenvalue weighted by Gasteiger charge is 2.46. The number of likely N-dealkylation sites (tertiary alicyclic amines) is 1. The number of fused-ring (bicyclic) bond motifs is 1. The van der Waals surface area contributed by atoms with Crippen molar-refractivity contribution >= 4 is 23.1 Å². The molecule has 1 N–H and O–H groups in total. The molecule has 3 heterocycles. The van der Waals surface area contributed by atoms with Crippen molar-refractivity contribution in [2.45, 2.75) is 32.9 Å². The molecule has 4 aromatic rings. The first-order valence-corrected chi connectivity index (χ1v) is 13.6. The van der Waals surface area contributed by atoms with Gasteiger partial charge in [-0.3, -0.25) is 14.0 Å². The Kier molecular flexibility index (Phi) is 8.35. The number of carbonyl (C=O) groups is 2. The zero-order valence-corrected chi connectivity index (χ0v) is 23.4. The number of carbonyl (C=O) groups excluding carboxylic acids is 2. The fourth-order valence-electron chi connectivity index (χ4n) is 5.18. The first-order chi connectivity index (χ1) is 19.9. The number of nitrogens with zero attached hydrogens (tertiary/aromatic N) is 3. The number of hydrogen-bond donors (Lipinski definition) is 1. The maximum atomic E-state index is 13.5. The lowest BCUT2D eigenvalue weighted by Gasteiger charge is -2.26. The van der Waals surface area contributed by atoms with Crippen LogP contribution in [0, 0.1) is 6.92 Å². The van der Waals surface area contributed by atoms with Crippen LogP contribution in [0.1, 0.15) is 41.9 Å². The minimum Gasteiger partial charge on any atom is -0.505 e. The van der Waals surface area contributed by atoms with E-state index >= 15 is 0 Å². The van der Waals surface area contributed by atoms with E-state index in [0.717, 1.165) is 5.56 Å². The molecule has 0 bridgehead atoms. The molecule has 1 unspecified atom stereocenters. The molecule has 9 nitrogen and oxygen atoms in total. The molecule has 0 spiro atoms. The molecular formula is C32H33N3O6. The van der Waals surface area contributed by atoms with Gasteiger partial charge in [-0.25, -0.2) is 4.98 Å². The monoisotopic (exact) mass is 555 g/mol. The first kappa shape index (κ1) is 27.9. The van der Waals surface area contributed by atoms with Crippen LogP contribution in [0.15, 0.2) is 78.5 Å². The van der Waals surface area contributed by atoms with Gasteiger partial charge in [-0.05, 0) is 55.7 Å². The predicted molar refractivity (Wildman–Crippen MR) is 154 cm³/mol. The second kappa shape index (κ2) is 12.3. The molecule has 41 heavy (non-hydrogen) atoms. The van der Waals surface area contributed by atoms with Crippen molar-refractivity contribution < 1.29 is 28.9 Å². The normalized spacial score (nSPS) is 16.5. The Labute approximate surface area is 238 Å². The summed E-state index contributed by atoms with van der Waals surface area (Å²) in [6.45, 7) is 5.06. The molecule has 2 aromatic heterocycles. The van der Waals surface area contributed by atoms with Crippen molar-refractivity contribution in [3.8, 4) is 11.5 Å². The van der Waals surface area contributed by atoms with E-state index in [1.54, 1.807) is 42.8 Å². The smallest absolute Gasteiger partial charge is 0.295 e. The molecule has 1 fully saturated rings. The summed E-state index contributed by atoms with van der Waals surface area (Å²) in [5.74, 6) is -0.692. The minimum atomic E-state index is -0.845. The first-order valence-electron chi connectivity index (χ1n) is 13.6. The number of imidazole rings is 1. The molecule has 1 aliphatic rings. The van der Waals surface area contributed by atoms with Crippen LogP contribution in [0.2, 0.25) is 0 Å². The number of ketones is 1. The highest BCUT2D eigenvalue weighted by Crippen LogP contribution is 2.42. The number of ether oxygens (including phenoxy) is 3. The maximum absolute atomic E-state index is 13.5. The van der Waals surface area contributed by atoms with Crippen LogP contribution in [-0.2, 0) is 20.9 Å². The van der Waals surface area contributed by atoms with E-state index in [1.807, 2.05) is 55.5 Å². The third-order valence-corrected chi connectivity index (χ3v) is 7.04. The molecule has 9 heteroatoms. The molecule has 2 aromatic carbocycles. The Balaban J connectivity index is 1.60. The van der Waals surface area contributed by atoms with Crippen molar-refractivity contribution in [3.05, 3.63) is 101 Å². The lowest BCUT2D eigenvalue weighted by atomic mass is 9.95. The van der Waals surface area contributed by atoms with E-state index in [1.165, 1.54) is 4.90 Å². The molecule has 1 saturated heterocycles. The van der Waals surface area contributed by atoms with Gasteiger partial charge in [-0.15, -0.1) is 0 Å². The molecule has 0 saturated carbocycles. The fraction of sp³-hybridized carbons (Fsp3) is 0.281. The second-order valence-electron chi connectivity index (χ2n) is 9.73. The Morgan fingerprint density at radius 1 is 1.00 bits per heavy atom. The number of Topliss-reactive ketones (excluding diaryl/α,β-unsaturated/α-hetero) is 1. The number of benzene rings is 2. The number of aliphatic hydroxyl groups excluding tert-OH is 1. The average Bonchev–Trinajstić information content (AvgIpc) is 3.45. The number of hydrogen-bond acceptors (Lipinski definition) is 7. The summed E-state index contributed by atoms with van der Waals surface area (Å²) >= 11 is 0. The Hall–Kier alpha value is -4.63. The molecule has 0 aliphatic carbocycles. The predicted octanol–water partition coefficient (Wildman–Crippen LogP) is 5.08. The number of aromatic nitrogens is 2. The highest BCUT2D eigenvalue weighted by molar-refractivity contribution is 6.46. The number of methoxy groups -OCH3 is 1. The van der Waals surface area contributed by atoms with Gasteiger partial charge in [0.15, 0.2) is 17.3 Å². The second-order valence-corrected chi connectivity index (χ2v) is 9.73. The van der Waals surface area contributed by atoms with Gasteiger partial charge in [0, 0.05) is 26.5 Å². The van der Waals surface area contributed by atoms with Crippen molar-refractivity contribution in [2.24, 2.45) is 0 Å². The van der Waals surface area contributed by atoms with E-state index < -0.39 is 17.7 Å². The lowest BCUT2D eigenvalue weighted by Crippen LogP contribution is -2.31. The molecule has 5 rings (SSSR count). The zero-order chi connectivity index (χ0) is 28.9. The molecule has 0 radical (unpaired) electrons. The third-order valence-electron chi connectivity index (χ3n) is 7.04. The summed E-state index contributed by atoms with van der Waals surface area (Å²) < 4.78 is 18.9. The zero-order valence-electron chi connectivity index (χ0n) is 23.4. The van der Waals surface area contributed by atoms with Crippen LogP contribution in [0.4, 0.5) is 0 Å². The minimum absolute atomic E-state index is 0.00146. The summed E-state index contributed by atoms with van der Waals surface area (Å²) in [6.07, 6.45) is 2.28. The van der Waals surface area contributed by atoms with Crippen molar-refractivity contribution in [3.63, 3.8) is 0 Å². The quantitative estimate of drug-likeness (QED) is 0.119. The standard InChI is InChI=1S/C32H33N3O6/c1-4-40-25-19-23(14-15-24(25)41-20-22-11-6-5-7-12-22)29-27(31(37)32(38)35(29)17-10-18-39-3)30(36)28-21(2)33-26-13-8-9-16-34(26)28/h5-9,11-16,19,29,36H,4,10,17-18,20H2,1-3H3/b30-27+. The van der Waals surface area contributed by atoms with Crippen molar-refractivity contribution in [1.29, 1.82) is 0 Å². The van der Waals surface area contributed by atoms with Crippen LogP contribution in [0.3, 0.4) is 0 Å². The van der Waals surface area contributed by atoms with Gasteiger partial charge in [0.1, 0.15) is 17.9 Å². The summed E-state index contributed by atoms with van der Waals surface area (Å²) in [6, 6.07) is 19.8. The molecule has 1 aliphatic heterocycles. The van der Waals surface area contributed by atoms with Gasteiger partial charge >= 0.3 is 0 Å². The Morgan fingerprint density at radius 2 is 1.78 bits per heavy atom. The summed E-state index contributed by atoms with van der Waals surface area (Å²) in [5.41, 5.74) is 3.16. The number of rotatable bonds is 11. The number of amides is 1. The lowest BCUT2D eigenvalue weighted by molar-refractivity contribution is -0.140. The third kappa shape index (κ3) is 5.53. The van der Waals surface area contributed by atoms with Crippen LogP contribution < -0.4 is 9.47 Å². The van der Waals surface area contributed by atoms with E-state index in [9.17, 15) is 14.7 Å². The SMILES string of the molecule is CCOc1cc(C2/C(=C(\O)c3c(C)nc4ccccn34)C(=O)C(=O)N2CCCOC)ccc1OCc1ccccc1. The van der Waals surface area contributed by atoms with Gasteiger partial charge in [-0.1, -0.05) is 42.5 Å². The Morgan fingerprint density at radius 3 is 2.54 bits per heavy atom. The number of pyridine rings is 1. The molecule has 212 valence electrons. The van der Waals surface area contributed by atoms with E-state index in [4.69, 9.17) is 14.2 Å². The summed E-state index contributed by atoms with van der Waals surface area (Å²) in [4.78, 5) is 32.9. The summed E-state index contributed by atoms with van der Waals surface area (Å²) in [7, 11) is 1.58. The highest BCUT2D eigenvalue weighted by atomic mass is 16.5. The largest absolute Gasteiger partial charge is 0.505 e. The number of aliphatic hydroxyl groups is 1. The average molecular weight is 556 g/mol. The maximum Gasteiger partial charge on any atom is 0.295 e. The molecular weight excluding hydrogens is 522 g/mol. The van der Waals surface area contributed by atoms with E-state index in [0.29, 0.717) is 60.3 Å². The number of aryl methyl sites for hydroxylation is 1. The van der Waals surface area contributed by atoms with Gasteiger partial charge in [0.05, 0.1) is 23.9 Å². The summed E-state index contributed by atoms with van der Waals surface area (Å²) in [5, 5.41) is 11.7.